The average molecular weight is 495 g/mol. The van der Waals surface area contributed by atoms with Gasteiger partial charge in [-0.15, -0.1) is 0 Å². The molecule has 27 heavy (non-hydrogen) atoms. The van der Waals surface area contributed by atoms with Crippen LogP contribution in [0.15, 0.2) is 24.3 Å². The fourth-order valence-electron chi connectivity index (χ4n) is 3.66. The summed E-state index contributed by atoms with van der Waals surface area (Å²) in [7, 11) is 0. The second-order valence-electron chi connectivity index (χ2n) is 7.60. The third-order valence-corrected chi connectivity index (χ3v) is 11.4. The molecule has 1 heterocycles. The Balaban J connectivity index is 2.31. The van der Waals surface area contributed by atoms with Crippen molar-refractivity contribution in [2.75, 3.05) is 0 Å². The molecule has 2 aromatic rings. The van der Waals surface area contributed by atoms with E-state index in [-0.39, 0.29) is 0 Å². The molecule has 0 atom stereocenters. The fourth-order valence-corrected chi connectivity index (χ4v) is 8.98. The average Bonchev–Trinajstić information content (AvgIpc) is 3.03. The van der Waals surface area contributed by atoms with Gasteiger partial charge in [-0.05, 0) is 0 Å². The Morgan fingerprint density at radius 3 is 2.04 bits per heavy atom. The number of benzene rings is 1. The summed E-state index contributed by atoms with van der Waals surface area (Å²) in [5.74, 6) is 0. The molecule has 0 fully saturated rings. The number of unbranched alkanes of at least 4 members (excludes halogenated alkanes) is 3. The normalized spacial score (nSPS) is 11.9. The van der Waals surface area contributed by atoms with Crippen molar-refractivity contribution in [2.45, 2.75) is 88.9 Å². The van der Waals surface area contributed by atoms with E-state index < -0.39 is 21.1 Å². The van der Waals surface area contributed by atoms with Gasteiger partial charge < -0.3 is 0 Å². The Bertz CT molecular complexity index is 677. The third kappa shape index (κ3) is 6.22. The summed E-state index contributed by atoms with van der Waals surface area (Å²) in [6, 6.07) is 7.92. The van der Waals surface area contributed by atoms with Gasteiger partial charge in [-0.3, -0.25) is 0 Å². The van der Waals surface area contributed by atoms with E-state index in [0.29, 0.717) is 3.43 Å². The Morgan fingerprint density at radius 1 is 0.963 bits per heavy atom. The summed E-state index contributed by atoms with van der Waals surface area (Å²) >= 11 is 5.53. The van der Waals surface area contributed by atoms with Gasteiger partial charge in [0, 0.05) is 0 Å². The molecule has 0 saturated carbocycles. The second kappa shape index (κ2) is 11.5. The molecule has 5 heteroatoms. The van der Waals surface area contributed by atoms with E-state index in [1.54, 1.807) is 0 Å². The summed E-state index contributed by atoms with van der Waals surface area (Å²) in [6.45, 7) is 9.11. The van der Waals surface area contributed by atoms with Gasteiger partial charge in [0.15, 0.2) is 0 Å². The molecule has 0 aliphatic heterocycles. The van der Waals surface area contributed by atoms with Crippen molar-refractivity contribution in [3.63, 3.8) is 0 Å². The Labute approximate surface area is 180 Å². The number of hydrogen-bond donors (Lipinski definition) is 0. The first-order chi connectivity index (χ1) is 13.1. The van der Waals surface area contributed by atoms with Crippen molar-refractivity contribution in [3.8, 4) is 5.69 Å². The van der Waals surface area contributed by atoms with Gasteiger partial charge in [0.2, 0.25) is 0 Å². The summed E-state index contributed by atoms with van der Waals surface area (Å²) in [6.07, 6.45) is 12.0. The molecule has 1 aromatic heterocycles. The molecular weight excluding hydrogens is 460 g/mol. The molecule has 3 nitrogen and oxygen atoms in total. The minimum absolute atomic E-state index is 0.525. The van der Waals surface area contributed by atoms with Crippen molar-refractivity contribution >= 4 is 36.5 Å². The van der Waals surface area contributed by atoms with Crippen LogP contribution in [0.1, 0.15) is 84.3 Å². The zero-order valence-corrected chi connectivity index (χ0v) is 21.0. The zero-order chi connectivity index (χ0) is 19.7. The van der Waals surface area contributed by atoms with Crippen molar-refractivity contribution in [1.29, 1.82) is 0 Å². The SMILES string of the molecule is CCCC[C](CCCC)(CCCC)[Sn][c]1nnn(-c2ccccc2Cl)c1C. The van der Waals surface area contributed by atoms with E-state index in [1.807, 2.05) is 28.9 Å². The maximum absolute atomic E-state index is 6.40. The minimum atomic E-state index is -0.877. The second-order valence-corrected chi connectivity index (χ2v) is 13.1. The number of halogens is 1. The van der Waals surface area contributed by atoms with E-state index in [9.17, 15) is 0 Å². The first-order valence-corrected chi connectivity index (χ1v) is 13.8. The summed E-state index contributed by atoms with van der Waals surface area (Å²) in [5, 5.41) is 9.90. The monoisotopic (exact) mass is 495 g/mol. The molecule has 0 saturated heterocycles. The summed E-state index contributed by atoms with van der Waals surface area (Å²) in [5.41, 5.74) is 2.14. The molecule has 2 radical (unpaired) electrons. The molecule has 0 aliphatic carbocycles. The molecule has 2 rings (SSSR count). The van der Waals surface area contributed by atoms with E-state index >= 15 is 0 Å². The number of aromatic nitrogens is 3. The van der Waals surface area contributed by atoms with Crippen molar-refractivity contribution in [1.82, 2.24) is 15.0 Å². The van der Waals surface area contributed by atoms with Crippen LogP contribution in [0.4, 0.5) is 0 Å². The van der Waals surface area contributed by atoms with Crippen LogP contribution >= 0.6 is 11.6 Å². The van der Waals surface area contributed by atoms with Crippen molar-refractivity contribution in [3.05, 3.63) is 35.0 Å². The van der Waals surface area contributed by atoms with E-state index in [0.717, 1.165) is 10.7 Å². The maximum atomic E-state index is 6.40. The molecule has 0 N–H and O–H groups in total. The van der Waals surface area contributed by atoms with Gasteiger partial charge in [0.1, 0.15) is 0 Å². The van der Waals surface area contributed by atoms with Crippen LogP contribution in [0.2, 0.25) is 8.45 Å². The first-order valence-electron chi connectivity index (χ1n) is 10.5. The third-order valence-electron chi connectivity index (χ3n) is 5.39. The van der Waals surface area contributed by atoms with Crippen LogP contribution in [0.3, 0.4) is 0 Å². The molecule has 1 aromatic carbocycles. The number of rotatable bonds is 12. The molecule has 0 unspecified atom stereocenters. The number of para-hydroxylation sites is 1. The molecular formula is C22H34ClN3Sn. The molecule has 0 spiro atoms. The van der Waals surface area contributed by atoms with Crippen LogP contribution in [0.25, 0.3) is 5.69 Å². The Hall–Kier alpha value is -0.551. The predicted molar refractivity (Wildman–Crippen MR) is 118 cm³/mol. The van der Waals surface area contributed by atoms with Crippen LogP contribution in [0.5, 0.6) is 0 Å². The van der Waals surface area contributed by atoms with E-state index in [4.69, 9.17) is 11.6 Å². The quantitative estimate of drug-likeness (QED) is 0.325. The topological polar surface area (TPSA) is 30.7 Å². The first kappa shape index (κ1) is 22.7. The molecule has 0 bridgehead atoms. The van der Waals surface area contributed by atoms with Crippen LogP contribution in [-0.2, 0) is 0 Å². The van der Waals surface area contributed by atoms with Gasteiger partial charge in [-0.25, -0.2) is 0 Å². The van der Waals surface area contributed by atoms with Gasteiger partial charge in [-0.2, -0.15) is 0 Å². The van der Waals surface area contributed by atoms with Gasteiger partial charge in [0.05, 0.1) is 0 Å². The standard InChI is InChI=1S/C13H27.C9H7ClN3.Sn/c1-4-7-10-13(11-8-5-2)12-9-6-3;1-7-6-11-12-13(7)9-5-3-2-4-8(9)10;/h4-12H2,1-3H3;2-5H,1H3;. The van der Waals surface area contributed by atoms with Crippen LogP contribution in [0, 0.1) is 6.92 Å². The summed E-state index contributed by atoms with van der Waals surface area (Å²) in [4.78, 5) is 0. The van der Waals surface area contributed by atoms with Gasteiger partial charge in [-0.1, -0.05) is 0 Å². The Kier molecular flexibility index (Phi) is 9.64. The van der Waals surface area contributed by atoms with Gasteiger partial charge in [0.25, 0.3) is 0 Å². The fraction of sp³-hybridized carbons (Fsp3) is 0.636. The predicted octanol–water partition coefficient (Wildman–Crippen LogP) is 6.29. The van der Waals surface area contributed by atoms with Crippen LogP contribution < -0.4 is 3.71 Å². The molecule has 148 valence electrons. The molecule has 0 aliphatic rings. The zero-order valence-electron chi connectivity index (χ0n) is 17.4. The number of hydrogen-bond acceptors (Lipinski definition) is 2. The summed E-state index contributed by atoms with van der Waals surface area (Å²) < 4.78 is 3.78. The van der Waals surface area contributed by atoms with Crippen molar-refractivity contribution < 1.29 is 0 Å². The number of nitrogens with zero attached hydrogens (tertiary/aromatic N) is 3. The Morgan fingerprint density at radius 2 is 1.52 bits per heavy atom. The van der Waals surface area contributed by atoms with Crippen molar-refractivity contribution in [2.24, 2.45) is 0 Å². The van der Waals surface area contributed by atoms with Gasteiger partial charge >= 0.3 is 181 Å². The van der Waals surface area contributed by atoms with E-state index in [1.165, 1.54) is 67.2 Å². The van der Waals surface area contributed by atoms with Crippen LogP contribution in [-0.4, -0.2) is 36.1 Å². The molecule has 0 amide bonds. The van der Waals surface area contributed by atoms with E-state index in [2.05, 4.69) is 38.0 Å².